The number of hydrogen-bond donors (Lipinski definition) is 0. The number of likely N-dealkylation sites (N-methyl/N-ethyl adjacent to an activating group) is 1. The number of ether oxygens (including phenoxy) is 1. The fourth-order valence-electron chi connectivity index (χ4n) is 4.12. The summed E-state index contributed by atoms with van der Waals surface area (Å²) in [5.74, 6) is 0. The first kappa shape index (κ1) is 16.1. The Balaban J connectivity index is 1.64. The second-order valence-corrected chi connectivity index (χ2v) is 7.42. The number of amides is 1. The van der Waals surface area contributed by atoms with Gasteiger partial charge in [-0.2, -0.15) is 0 Å². The van der Waals surface area contributed by atoms with E-state index in [-0.39, 0.29) is 11.7 Å². The zero-order valence-electron chi connectivity index (χ0n) is 14.8. The van der Waals surface area contributed by atoms with Crippen molar-refractivity contribution in [2.75, 3.05) is 26.7 Å². The number of fused-ring (bicyclic) bond motifs is 1. The third kappa shape index (κ3) is 2.80. The number of aryl methyl sites for hydroxylation is 2. The number of benzene rings is 1. The molecule has 0 saturated carbocycles. The largest absolute Gasteiger partial charge is 0.439 e. The molecule has 2 saturated heterocycles. The van der Waals surface area contributed by atoms with Gasteiger partial charge in [-0.1, -0.05) is 6.07 Å². The van der Waals surface area contributed by atoms with Crippen LogP contribution in [0.3, 0.4) is 0 Å². The van der Waals surface area contributed by atoms with Crippen molar-refractivity contribution in [2.24, 2.45) is 0 Å². The van der Waals surface area contributed by atoms with Crippen molar-refractivity contribution >= 4 is 17.1 Å². The summed E-state index contributed by atoms with van der Waals surface area (Å²) in [6.07, 6.45) is 0.569. The smallest absolute Gasteiger partial charge is 0.410 e. The van der Waals surface area contributed by atoms with Crippen LogP contribution in [0.25, 0.3) is 11.0 Å². The summed E-state index contributed by atoms with van der Waals surface area (Å²) in [6.45, 7) is 6.80. The van der Waals surface area contributed by atoms with Crippen LogP contribution in [-0.4, -0.2) is 48.2 Å². The Hall–Kier alpha value is -2.34. The van der Waals surface area contributed by atoms with Crippen molar-refractivity contribution in [3.63, 3.8) is 0 Å². The van der Waals surface area contributed by atoms with Crippen LogP contribution in [0.1, 0.15) is 23.1 Å². The van der Waals surface area contributed by atoms with Gasteiger partial charge in [-0.3, -0.25) is 4.90 Å². The van der Waals surface area contributed by atoms with Crippen molar-refractivity contribution in [1.82, 2.24) is 9.80 Å². The van der Waals surface area contributed by atoms with E-state index in [0.29, 0.717) is 25.2 Å². The van der Waals surface area contributed by atoms with Gasteiger partial charge in [-0.25, -0.2) is 9.59 Å². The van der Waals surface area contributed by atoms with Gasteiger partial charge in [0.25, 0.3) is 0 Å². The molecule has 0 N–H and O–H groups in total. The molecule has 1 spiro atoms. The molecule has 2 aliphatic rings. The molecular weight excluding hydrogens is 320 g/mol. The van der Waals surface area contributed by atoms with Gasteiger partial charge < -0.3 is 14.1 Å². The van der Waals surface area contributed by atoms with E-state index in [2.05, 4.69) is 11.0 Å². The topological polar surface area (TPSA) is 63.0 Å². The molecule has 6 nitrogen and oxygen atoms in total. The Morgan fingerprint density at radius 2 is 1.96 bits per heavy atom. The fourth-order valence-corrected chi connectivity index (χ4v) is 4.12. The maximum Gasteiger partial charge on any atom is 0.410 e. The van der Waals surface area contributed by atoms with Crippen molar-refractivity contribution in [1.29, 1.82) is 0 Å². The Morgan fingerprint density at radius 1 is 1.16 bits per heavy atom. The maximum atomic E-state index is 12.0. The van der Waals surface area contributed by atoms with E-state index in [1.165, 1.54) is 0 Å². The van der Waals surface area contributed by atoms with Gasteiger partial charge in [-0.05, 0) is 36.6 Å². The summed E-state index contributed by atoms with van der Waals surface area (Å²) in [5, 5.41) is 0.985. The minimum Gasteiger partial charge on any atom is -0.439 e. The summed E-state index contributed by atoms with van der Waals surface area (Å²) in [4.78, 5) is 27.6. The van der Waals surface area contributed by atoms with Gasteiger partial charge in [0.15, 0.2) is 0 Å². The van der Waals surface area contributed by atoms with E-state index < -0.39 is 5.60 Å². The zero-order valence-corrected chi connectivity index (χ0v) is 14.8. The second-order valence-electron chi connectivity index (χ2n) is 7.42. The van der Waals surface area contributed by atoms with Gasteiger partial charge in [0.1, 0.15) is 11.2 Å². The highest BCUT2D eigenvalue weighted by molar-refractivity contribution is 5.83. The minimum absolute atomic E-state index is 0.251. The van der Waals surface area contributed by atoms with E-state index in [1.54, 1.807) is 18.0 Å². The predicted molar refractivity (Wildman–Crippen MR) is 93.7 cm³/mol. The molecule has 6 heteroatoms. The van der Waals surface area contributed by atoms with Crippen LogP contribution in [0.5, 0.6) is 0 Å². The molecule has 0 aliphatic carbocycles. The maximum absolute atomic E-state index is 12.0. The normalized spacial score (nSPS) is 23.8. The van der Waals surface area contributed by atoms with Crippen molar-refractivity contribution in [2.45, 2.75) is 32.4 Å². The Kier molecular flexibility index (Phi) is 3.61. The molecule has 1 atom stereocenters. The van der Waals surface area contributed by atoms with Gasteiger partial charge >= 0.3 is 11.7 Å². The molecule has 1 unspecified atom stereocenters. The number of carbonyl (C=O) groups excluding carboxylic acids is 1. The Labute approximate surface area is 146 Å². The Morgan fingerprint density at radius 3 is 2.68 bits per heavy atom. The van der Waals surface area contributed by atoms with Crippen molar-refractivity contribution in [3.8, 4) is 0 Å². The monoisotopic (exact) mass is 342 g/mol. The Bertz CT molecular complexity index is 920. The lowest BCUT2D eigenvalue weighted by Gasteiger charge is -2.22. The molecule has 3 heterocycles. The number of rotatable bonds is 2. The zero-order chi connectivity index (χ0) is 17.8. The molecule has 25 heavy (non-hydrogen) atoms. The molecular formula is C19H22N2O4. The van der Waals surface area contributed by atoms with Crippen LogP contribution in [0.4, 0.5) is 4.79 Å². The molecule has 1 aromatic carbocycles. The molecule has 0 bridgehead atoms. The minimum atomic E-state index is -0.410. The van der Waals surface area contributed by atoms with Gasteiger partial charge in [0.2, 0.25) is 0 Å². The standard InChI is InChI=1S/C19H22N2O4/c1-12-6-13(2)17-15(7-12)14(8-16(22)24-17)9-21-5-4-19(11-21)10-20(3)18(23)25-19/h6-8H,4-5,9-11H2,1-3H3. The average molecular weight is 342 g/mol. The molecule has 132 valence electrons. The summed E-state index contributed by atoms with van der Waals surface area (Å²) >= 11 is 0. The van der Waals surface area contributed by atoms with E-state index in [9.17, 15) is 9.59 Å². The van der Waals surface area contributed by atoms with Crippen LogP contribution >= 0.6 is 0 Å². The van der Waals surface area contributed by atoms with Crippen molar-refractivity contribution < 1.29 is 13.9 Å². The molecule has 2 aliphatic heterocycles. The first-order valence-corrected chi connectivity index (χ1v) is 8.56. The van der Waals surface area contributed by atoms with Crippen LogP contribution in [0, 0.1) is 13.8 Å². The first-order chi connectivity index (χ1) is 11.8. The quantitative estimate of drug-likeness (QED) is 0.785. The summed E-state index contributed by atoms with van der Waals surface area (Å²) in [7, 11) is 1.77. The second kappa shape index (κ2) is 5.59. The van der Waals surface area contributed by atoms with Gasteiger partial charge in [0.05, 0.1) is 6.54 Å². The van der Waals surface area contributed by atoms with Crippen LogP contribution < -0.4 is 5.63 Å². The SMILES string of the molecule is Cc1cc(C)c2oc(=O)cc(CN3CCC4(C3)CN(C)C(=O)O4)c2c1. The first-order valence-electron chi connectivity index (χ1n) is 8.56. The van der Waals surface area contributed by atoms with Gasteiger partial charge in [0, 0.05) is 44.6 Å². The van der Waals surface area contributed by atoms with E-state index >= 15 is 0 Å². The molecule has 1 aromatic heterocycles. The molecule has 2 aromatic rings. The summed E-state index contributed by atoms with van der Waals surface area (Å²) < 4.78 is 11.0. The lowest BCUT2D eigenvalue weighted by Crippen LogP contribution is -2.37. The molecule has 2 fully saturated rings. The average Bonchev–Trinajstić information content (AvgIpc) is 3.03. The lowest BCUT2D eigenvalue weighted by molar-refractivity contribution is 0.0627. The van der Waals surface area contributed by atoms with Crippen molar-refractivity contribution in [3.05, 3.63) is 45.3 Å². The molecule has 1 amide bonds. The number of carbonyl (C=O) groups is 1. The number of hydrogen-bond acceptors (Lipinski definition) is 5. The highest BCUT2D eigenvalue weighted by Gasteiger charge is 2.48. The van der Waals surface area contributed by atoms with Crippen LogP contribution in [-0.2, 0) is 11.3 Å². The van der Waals surface area contributed by atoms with E-state index in [4.69, 9.17) is 9.15 Å². The highest BCUT2D eigenvalue weighted by atomic mass is 16.6. The molecule has 0 radical (unpaired) electrons. The van der Waals surface area contributed by atoms with Crippen LogP contribution in [0.2, 0.25) is 0 Å². The van der Waals surface area contributed by atoms with E-state index in [0.717, 1.165) is 35.0 Å². The summed E-state index contributed by atoms with van der Waals surface area (Å²) in [6, 6.07) is 5.67. The van der Waals surface area contributed by atoms with Gasteiger partial charge in [-0.15, -0.1) is 0 Å². The predicted octanol–water partition coefficient (Wildman–Crippen LogP) is 2.44. The lowest BCUT2D eigenvalue weighted by atomic mass is 10.0. The number of likely N-dealkylation sites (tertiary alicyclic amines) is 1. The fraction of sp³-hybridized carbons (Fsp3) is 0.474. The third-order valence-corrected chi connectivity index (χ3v) is 5.19. The van der Waals surface area contributed by atoms with E-state index in [1.807, 2.05) is 19.9 Å². The highest BCUT2D eigenvalue weighted by Crippen LogP contribution is 2.33. The third-order valence-electron chi connectivity index (χ3n) is 5.19. The summed E-state index contributed by atoms with van der Waals surface area (Å²) in [5.41, 5.74) is 3.01. The molecule has 4 rings (SSSR count). The number of nitrogens with zero attached hydrogens (tertiary/aromatic N) is 2. The van der Waals surface area contributed by atoms with Crippen LogP contribution in [0.15, 0.2) is 27.4 Å².